The zero-order valence-corrected chi connectivity index (χ0v) is 24.0. The van der Waals surface area contributed by atoms with E-state index in [1.54, 1.807) is 4.31 Å². The third-order valence-electron chi connectivity index (χ3n) is 7.80. The van der Waals surface area contributed by atoms with E-state index < -0.39 is 15.6 Å². The Morgan fingerprint density at radius 2 is 1.84 bits per heavy atom. The summed E-state index contributed by atoms with van der Waals surface area (Å²) in [6.45, 7) is 9.43. The highest BCUT2D eigenvalue weighted by Crippen LogP contribution is 2.35. The maximum atomic E-state index is 13.2. The minimum absolute atomic E-state index is 0.0422. The Balaban J connectivity index is 1.32. The molecule has 2 aliphatic heterocycles. The Bertz CT molecular complexity index is 1110. The lowest BCUT2D eigenvalue weighted by molar-refractivity contribution is -0.219. The van der Waals surface area contributed by atoms with Crippen LogP contribution in [0.5, 0.6) is 0 Å². The van der Waals surface area contributed by atoms with Crippen molar-refractivity contribution >= 4 is 21.8 Å². The molecule has 37 heavy (non-hydrogen) atoms. The predicted octanol–water partition coefficient (Wildman–Crippen LogP) is 3.97. The number of amidine groups is 1. The van der Waals surface area contributed by atoms with Gasteiger partial charge in [0.05, 0.1) is 11.4 Å². The van der Waals surface area contributed by atoms with Crippen molar-refractivity contribution in [2.24, 2.45) is 10.9 Å². The average Bonchev–Trinajstić information content (AvgIpc) is 3.13. The van der Waals surface area contributed by atoms with Crippen LogP contribution >= 0.6 is 0 Å². The monoisotopic (exact) mass is 532 g/mol. The molecule has 9 heteroatoms. The van der Waals surface area contributed by atoms with E-state index in [2.05, 4.69) is 11.4 Å². The number of aryl methyl sites for hydroxylation is 2. The van der Waals surface area contributed by atoms with Gasteiger partial charge in [0.1, 0.15) is 11.4 Å². The van der Waals surface area contributed by atoms with Gasteiger partial charge in [-0.2, -0.15) is 5.06 Å². The number of hydrogen-bond donors (Lipinski definition) is 1. The Morgan fingerprint density at radius 3 is 2.46 bits per heavy atom. The molecule has 8 nitrogen and oxygen atoms in total. The fourth-order valence-corrected chi connectivity index (χ4v) is 7.32. The second kappa shape index (κ2) is 11.1. The summed E-state index contributed by atoms with van der Waals surface area (Å²) in [6.07, 6.45) is 7.15. The second-order valence-corrected chi connectivity index (χ2v) is 14.1. The Labute approximate surface area is 222 Å². The number of rotatable bonds is 8. The standard InChI is InChI=1S/C28H44N4O4S/c1-21-19-22(20-31(5)36-27(2,3)4)11-12-23(21)13-18-37(34,35)32-16-14-28(15-17-32)26(33)29-25(30-28)24-9-7-6-8-10-24/h11-12,19,24H,6-10,13-18,20H2,1-5H3,(H,29,30,33). The van der Waals surface area contributed by atoms with Crippen LogP contribution in [0.25, 0.3) is 0 Å². The first kappa shape index (κ1) is 28.2. The fraction of sp³-hybridized carbons (Fsp3) is 0.714. The van der Waals surface area contributed by atoms with E-state index in [4.69, 9.17) is 9.83 Å². The molecule has 1 amide bonds. The number of piperidine rings is 1. The zero-order valence-electron chi connectivity index (χ0n) is 23.2. The summed E-state index contributed by atoms with van der Waals surface area (Å²) in [4.78, 5) is 23.6. The van der Waals surface area contributed by atoms with E-state index in [0.717, 1.165) is 35.4 Å². The van der Waals surface area contributed by atoms with E-state index in [1.807, 2.05) is 51.9 Å². The van der Waals surface area contributed by atoms with Crippen molar-refractivity contribution in [3.63, 3.8) is 0 Å². The maximum Gasteiger partial charge on any atom is 0.253 e. The molecule has 1 saturated carbocycles. The van der Waals surface area contributed by atoms with Crippen LogP contribution in [-0.2, 0) is 32.6 Å². The number of amides is 1. The SMILES string of the molecule is Cc1cc(CN(C)OC(C)(C)C)ccc1CCS(=O)(=O)N1CCC2(CC1)N=C(C1CCCCC1)NC2=O. The van der Waals surface area contributed by atoms with Crippen molar-refractivity contribution in [1.29, 1.82) is 0 Å². The number of sulfonamides is 1. The molecule has 0 atom stereocenters. The first-order valence-corrected chi connectivity index (χ1v) is 15.4. The number of hydroxylamine groups is 2. The average molecular weight is 533 g/mol. The molecule has 1 N–H and O–H groups in total. The molecule has 1 aliphatic carbocycles. The Morgan fingerprint density at radius 1 is 1.16 bits per heavy atom. The van der Waals surface area contributed by atoms with Crippen molar-refractivity contribution in [3.8, 4) is 0 Å². The molecule has 0 unspecified atom stereocenters. The molecule has 1 aromatic rings. The van der Waals surface area contributed by atoms with Gasteiger partial charge in [-0.05, 0) is 76.5 Å². The molecule has 4 rings (SSSR count). The van der Waals surface area contributed by atoms with Gasteiger partial charge in [-0.25, -0.2) is 12.7 Å². The highest BCUT2D eigenvalue weighted by atomic mass is 32.2. The Hall–Kier alpha value is -1.81. The summed E-state index contributed by atoms with van der Waals surface area (Å²) in [5, 5.41) is 4.88. The van der Waals surface area contributed by atoms with Gasteiger partial charge in [0.2, 0.25) is 10.0 Å². The van der Waals surface area contributed by atoms with E-state index in [0.29, 0.717) is 44.8 Å². The molecule has 1 saturated heterocycles. The summed E-state index contributed by atoms with van der Waals surface area (Å²) < 4.78 is 27.9. The minimum Gasteiger partial charge on any atom is -0.312 e. The van der Waals surface area contributed by atoms with Crippen molar-refractivity contribution in [1.82, 2.24) is 14.7 Å². The number of nitrogens with one attached hydrogen (secondary N) is 1. The van der Waals surface area contributed by atoms with Crippen LogP contribution < -0.4 is 5.32 Å². The van der Waals surface area contributed by atoms with Crippen LogP contribution in [0.2, 0.25) is 0 Å². The summed E-state index contributed by atoms with van der Waals surface area (Å²) in [7, 11) is -1.50. The highest BCUT2D eigenvalue weighted by Gasteiger charge is 2.48. The van der Waals surface area contributed by atoms with Crippen molar-refractivity contribution in [2.75, 3.05) is 25.9 Å². The lowest BCUT2D eigenvalue weighted by Crippen LogP contribution is -2.51. The molecule has 1 aromatic carbocycles. The molecular weight excluding hydrogens is 488 g/mol. The van der Waals surface area contributed by atoms with Crippen molar-refractivity contribution < 1.29 is 18.0 Å². The number of hydrogen-bond acceptors (Lipinski definition) is 6. The molecule has 0 bridgehead atoms. The van der Waals surface area contributed by atoms with Gasteiger partial charge in [-0.15, -0.1) is 0 Å². The largest absolute Gasteiger partial charge is 0.312 e. The van der Waals surface area contributed by atoms with E-state index in [9.17, 15) is 13.2 Å². The van der Waals surface area contributed by atoms with Crippen LogP contribution in [0.1, 0.15) is 82.4 Å². The van der Waals surface area contributed by atoms with Crippen LogP contribution in [0.3, 0.4) is 0 Å². The topological polar surface area (TPSA) is 91.3 Å². The van der Waals surface area contributed by atoms with E-state index in [1.165, 1.54) is 19.3 Å². The number of nitrogens with zero attached hydrogens (tertiary/aromatic N) is 3. The second-order valence-electron chi connectivity index (χ2n) is 12.0. The van der Waals surface area contributed by atoms with Gasteiger partial charge < -0.3 is 5.32 Å². The maximum absolute atomic E-state index is 13.2. The fourth-order valence-electron chi connectivity index (χ4n) is 5.85. The molecule has 2 fully saturated rings. The van der Waals surface area contributed by atoms with Crippen LogP contribution in [0.15, 0.2) is 23.2 Å². The van der Waals surface area contributed by atoms with Crippen molar-refractivity contribution in [2.45, 2.75) is 96.7 Å². The molecule has 2 heterocycles. The lowest BCUT2D eigenvalue weighted by atomic mass is 9.88. The van der Waals surface area contributed by atoms with Gasteiger partial charge in [0.15, 0.2) is 0 Å². The van der Waals surface area contributed by atoms with Crippen LogP contribution in [-0.4, -0.2) is 66.6 Å². The van der Waals surface area contributed by atoms with Crippen LogP contribution in [0.4, 0.5) is 0 Å². The minimum atomic E-state index is -3.42. The van der Waals surface area contributed by atoms with Gasteiger partial charge in [0, 0.05) is 32.6 Å². The quantitative estimate of drug-likeness (QED) is 0.512. The zero-order chi connectivity index (χ0) is 26.8. The van der Waals surface area contributed by atoms with E-state index in [-0.39, 0.29) is 17.3 Å². The smallest absolute Gasteiger partial charge is 0.253 e. The summed E-state index contributed by atoms with van der Waals surface area (Å²) in [5.41, 5.74) is 2.21. The molecule has 1 spiro atoms. The van der Waals surface area contributed by atoms with Crippen LogP contribution in [0, 0.1) is 12.8 Å². The predicted molar refractivity (Wildman–Crippen MR) is 147 cm³/mol. The summed E-state index contributed by atoms with van der Waals surface area (Å²) in [6, 6.07) is 6.18. The normalized spacial score (nSPS) is 21.5. The van der Waals surface area contributed by atoms with Crippen molar-refractivity contribution in [3.05, 3.63) is 34.9 Å². The number of benzene rings is 1. The molecule has 0 aromatic heterocycles. The molecule has 0 radical (unpaired) electrons. The summed E-state index contributed by atoms with van der Waals surface area (Å²) in [5.74, 6) is 1.21. The number of carbonyl (C=O) groups is 1. The highest BCUT2D eigenvalue weighted by molar-refractivity contribution is 7.89. The number of aliphatic imine (C=N–C) groups is 1. The van der Waals surface area contributed by atoms with Gasteiger partial charge in [-0.3, -0.25) is 14.6 Å². The third kappa shape index (κ3) is 6.99. The summed E-state index contributed by atoms with van der Waals surface area (Å²) >= 11 is 0. The third-order valence-corrected chi connectivity index (χ3v) is 9.68. The number of carbonyl (C=O) groups excluding carboxylic acids is 1. The Kier molecular flexibility index (Phi) is 8.48. The first-order valence-electron chi connectivity index (χ1n) is 13.7. The van der Waals surface area contributed by atoms with Gasteiger partial charge in [0.25, 0.3) is 5.91 Å². The van der Waals surface area contributed by atoms with Gasteiger partial charge in [-0.1, -0.05) is 37.5 Å². The van der Waals surface area contributed by atoms with E-state index >= 15 is 0 Å². The lowest BCUT2D eigenvalue weighted by Gasteiger charge is -2.34. The molecule has 206 valence electrons. The van der Waals surface area contributed by atoms with Gasteiger partial charge >= 0.3 is 0 Å². The molecule has 3 aliphatic rings. The first-order chi connectivity index (χ1) is 17.4. The molecular formula is C28H44N4O4S.